The maximum atomic E-state index is 10.5. The fourth-order valence-electron chi connectivity index (χ4n) is 2.17. The summed E-state index contributed by atoms with van der Waals surface area (Å²) in [5.74, 6) is -0.272. The third kappa shape index (κ3) is 3.25. The molecule has 2 aromatic rings. The van der Waals surface area contributed by atoms with Crippen molar-refractivity contribution < 1.29 is 5.11 Å². The lowest BCUT2D eigenvalue weighted by molar-refractivity contribution is 0.147. The summed E-state index contributed by atoms with van der Waals surface area (Å²) >= 11 is 11.9. The Labute approximate surface area is 128 Å². The van der Waals surface area contributed by atoms with Gasteiger partial charge in [0.15, 0.2) is 0 Å². The van der Waals surface area contributed by atoms with Crippen molar-refractivity contribution in [3.8, 4) is 0 Å². The van der Waals surface area contributed by atoms with Crippen LogP contribution >= 0.6 is 23.2 Å². The van der Waals surface area contributed by atoms with Gasteiger partial charge in [0.05, 0.1) is 16.1 Å². The van der Waals surface area contributed by atoms with Gasteiger partial charge in [0, 0.05) is 18.2 Å². The van der Waals surface area contributed by atoms with Gasteiger partial charge >= 0.3 is 0 Å². The van der Waals surface area contributed by atoms with Gasteiger partial charge < -0.3 is 16.6 Å². The summed E-state index contributed by atoms with van der Waals surface area (Å²) in [5.41, 5.74) is 13.7. The van der Waals surface area contributed by atoms with Crippen LogP contribution in [-0.2, 0) is 0 Å². The van der Waals surface area contributed by atoms with Crippen LogP contribution in [0.2, 0.25) is 10.0 Å². The van der Waals surface area contributed by atoms with Crippen LogP contribution in [-0.4, -0.2) is 11.7 Å². The van der Waals surface area contributed by atoms with E-state index in [2.05, 4.69) is 0 Å². The molecule has 2 unspecified atom stereocenters. The van der Waals surface area contributed by atoms with Crippen molar-refractivity contribution in [3.63, 3.8) is 0 Å². The van der Waals surface area contributed by atoms with E-state index in [0.717, 1.165) is 11.1 Å². The van der Waals surface area contributed by atoms with E-state index in [4.69, 9.17) is 34.7 Å². The predicted octanol–water partition coefficient (Wildman–Crippen LogP) is 3.35. The first-order valence-electron chi connectivity index (χ1n) is 6.21. The standard InChI is InChI=1S/C15H16Cl2N2O/c16-13-5-4-9(7-14(13)17)12(8-18)15(20)10-2-1-3-11(19)6-10/h1-7,12,15,20H,8,18-19H2. The van der Waals surface area contributed by atoms with Crippen LogP contribution in [0.25, 0.3) is 0 Å². The fraction of sp³-hybridized carbons (Fsp3) is 0.200. The van der Waals surface area contributed by atoms with E-state index in [1.54, 1.807) is 30.3 Å². The molecule has 0 bridgehead atoms. The zero-order valence-corrected chi connectivity index (χ0v) is 12.3. The zero-order chi connectivity index (χ0) is 14.7. The van der Waals surface area contributed by atoms with Crippen molar-refractivity contribution in [3.05, 3.63) is 63.6 Å². The van der Waals surface area contributed by atoms with Gasteiger partial charge in [-0.25, -0.2) is 0 Å². The summed E-state index contributed by atoms with van der Waals surface area (Å²) in [4.78, 5) is 0. The van der Waals surface area contributed by atoms with E-state index < -0.39 is 6.10 Å². The smallest absolute Gasteiger partial charge is 0.0871 e. The van der Waals surface area contributed by atoms with Crippen LogP contribution in [0, 0.1) is 0 Å². The number of anilines is 1. The molecule has 0 radical (unpaired) electrons. The van der Waals surface area contributed by atoms with Crippen molar-refractivity contribution in [1.29, 1.82) is 0 Å². The first kappa shape index (κ1) is 15.1. The lowest BCUT2D eigenvalue weighted by Gasteiger charge is -2.23. The van der Waals surface area contributed by atoms with Gasteiger partial charge in [0.25, 0.3) is 0 Å². The van der Waals surface area contributed by atoms with Gasteiger partial charge in [-0.1, -0.05) is 41.4 Å². The number of benzene rings is 2. The molecule has 2 aromatic carbocycles. The van der Waals surface area contributed by atoms with Crippen LogP contribution in [0.3, 0.4) is 0 Å². The average molecular weight is 311 g/mol. The van der Waals surface area contributed by atoms with Gasteiger partial charge in [-0.2, -0.15) is 0 Å². The number of aliphatic hydroxyl groups is 1. The molecule has 20 heavy (non-hydrogen) atoms. The van der Waals surface area contributed by atoms with Crippen LogP contribution in [0.1, 0.15) is 23.1 Å². The van der Waals surface area contributed by atoms with Crippen molar-refractivity contribution in [2.24, 2.45) is 5.73 Å². The fourth-order valence-corrected chi connectivity index (χ4v) is 2.47. The molecule has 106 valence electrons. The summed E-state index contributed by atoms with van der Waals surface area (Å²) in [6.07, 6.45) is -0.749. The predicted molar refractivity (Wildman–Crippen MR) is 84.1 cm³/mol. The number of aliphatic hydroxyl groups excluding tert-OH is 1. The van der Waals surface area contributed by atoms with Gasteiger partial charge in [-0.05, 0) is 35.4 Å². The first-order valence-corrected chi connectivity index (χ1v) is 6.97. The molecule has 0 aromatic heterocycles. The largest absolute Gasteiger partial charge is 0.399 e. The lowest BCUT2D eigenvalue weighted by Crippen LogP contribution is -2.20. The maximum Gasteiger partial charge on any atom is 0.0871 e. The first-order chi connectivity index (χ1) is 9.52. The average Bonchev–Trinajstić information content (AvgIpc) is 2.43. The summed E-state index contributed by atoms with van der Waals surface area (Å²) in [7, 11) is 0. The Morgan fingerprint density at radius 2 is 1.75 bits per heavy atom. The molecule has 0 aliphatic carbocycles. The number of rotatable bonds is 4. The molecule has 2 rings (SSSR count). The van der Waals surface area contributed by atoms with E-state index in [0.29, 0.717) is 15.7 Å². The van der Waals surface area contributed by atoms with E-state index in [-0.39, 0.29) is 12.5 Å². The Morgan fingerprint density at radius 1 is 1.00 bits per heavy atom. The number of hydrogen-bond donors (Lipinski definition) is 3. The molecule has 0 spiro atoms. The number of nitrogens with two attached hydrogens (primary N) is 2. The van der Waals surface area contributed by atoms with Gasteiger partial charge in [-0.3, -0.25) is 0 Å². The van der Waals surface area contributed by atoms with E-state index in [9.17, 15) is 5.11 Å². The second-order valence-corrected chi connectivity index (χ2v) is 5.45. The zero-order valence-electron chi connectivity index (χ0n) is 10.8. The molecule has 0 aliphatic rings. The Kier molecular flexibility index (Phi) is 4.89. The molecule has 0 aliphatic heterocycles. The van der Waals surface area contributed by atoms with Crippen molar-refractivity contribution >= 4 is 28.9 Å². The second-order valence-electron chi connectivity index (χ2n) is 4.63. The highest BCUT2D eigenvalue weighted by molar-refractivity contribution is 6.42. The molecule has 5 N–H and O–H groups in total. The highest BCUT2D eigenvalue weighted by Crippen LogP contribution is 2.33. The van der Waals surface area contributed by atoms with Crippen LogP contribution in [0.5, 0.6) is 0 Å². The molecule has 0 saturated carbocycles. The quantitative estimate of drug-likeness (QED) is 0.758. The Morgan fingerprint density at radius 3 is 2.35 bits per heavy atom. The van der Waals surface area contributed by atoms with Crippen LogP contribution in [0.15, 0.2) is 42.5 Å². The summed E-state index contributed by atoms with van der Waals surface area (Å²) in [6, 6.07) is 12.4. The van der Waals surface area contributed by atoms with Gasteiger partial charge in [-0.15, -0.1) is 0 Å². The minimum Gasteiger partial charge on any atom is -0.399 e. The van der Waals surface area contributed by atoms with Crippen molar-refractivity contribution in [2.45, 2.75) is 12.0 Å². The summed E-state index contributed by atoms with van der Waals surface area (Å²) < 4.78 is 0. The van der Waals surface area contributed by atoms with E-state index in [1.165, 1.54) is 0 Å². The molecule has 0 fully saturated rings. The summed E-state index contributed by atoms with van der Waals surface area (Å²) in [5, 5.41) is 11.4. The van der Waals surface area contributed by atoms with Crippen molar-refractivity contribution in [2.75, 3.05) is 12.3 Å². The minimum atomic E-state index is -0.749. The van der Waals surface area contributed by atoms with Crippen LogP contribution < -0.4 is 11.5 Å². The molecule has 0 amide bonds. The number of hydrogen-bond acceptors (Lipinski definition) is 3. The Bertz CT molecular complexity index is 604. The molecule has 5 heteroatoms. The molecule has 0 heterocycles. The van der Waals surface area contributed by atoms with Gasteiger partial charge in [0.1, 0.15) is 0 Å². The topological polar surface area (TPSA) is 72.3 Å². The maximum absolute atomic E-state index is 10.5. The highest BCUT2D eigenvalue weighted by atomic mass is 35.5. The second kappa shape index (κ2) is 6.46. The summed E-state index contributed by atoms with van der Waals surface area (Å²) in [6.45, 7) is 0.286. The molecule has 2 atom stereocenters. The molecule has 0 saturated heterocycles. The molecule has 3 nitrogen and oxygen atoms in total. The normalized spacial score (nSPS) is 14.0. The number of halogens is 2. The van der Waals surface area contributed by atoms with E-state index >= 15 is 0 Å². The number of nitrogen functional groups attached to an aromatic ring is 1. The third-order valence-electron chi connectivity index (χ3n) is 3.26. The van der Waals surface area contributed by atoms with E-state index in [1.807, 2.05) is 12.1 Å². The molecular formula is C15H16Cl2N2O. The van der Waals surface area contributed by atoms with Crippen LogP contribution in [0.4, 0.5) is 5.69 Å². The van der Waals surface area contributed by atoms with Gasteiger partial charge in [0.2, 0.25) is 0 Å². The monoisotopic (exact) mass is 310 g/mol. The minimum absolute atomic E-state index is 0.272. The Hall–Kier alpha value is -1.26. The van der Waals surface area contributed by atoms with Crippen molar-refractivity contribution in [1.82, 2.24) is 0 Å². The highest BCUT2D eigenvalue weighted by Gasteiger charge is 2.22. The Balaban J connectivity index is 2.33. The lowest BCUT2D eigenvalue weighted by atomic mass is 9.89. The molecular weight excluding hydrogens is 295 g/mol. The third-order valence-corrected chi connectivity index (χ3v) is 4.00. The SMILES string of the molecule is NCC(c1ccc(Cl)c(Cl)c1)C(O)c1cccc(N)c1.